The molecule has 0 radical (unpaired) electrons. The van der Waals surface area contributed by atoms with Crippen LogP contribution >= 0.6 is 15.9 Å². The van der Waals surface area contributed by atoms with Crippen molar-refractivity contribution < 1.29 is 0 Å². The molecule has 0 amide bonds. The number of aromatic nitrogens is 3. The van der Waals surface area contributed by atoms with E-state index in [1.165, 1.54) is 4.68 Å². The van der Waals surface area contributed by atoms with E-state index in [4.69, 9.17) is 0 Å². The third-order valence-corrected chi connectivity index (χ3v) is 4.67. The molecule has 3 heterocycles. The van der Waals surface area contributed by atoms with E-state index in [9.17, 15) is 4.79 Å². The van der Waals surface area contributed by atoms with Gasteiger partial charge >= 0.3 is 0 Å². The second kappa shape index (κ2) is 6.48. The highest BCUT2D eigenvalue weighted by atomic mass is 79.9. The fraction of sp³-hybridized carbons (Fsp3) is 0.400. The minimum Gasteiger partial charge on any atom is -0.370 e. The van der Waals surface area contributed by atoms with Crippen molar-refractivity contribution in [3.05, 3.63) is 45.4 Å². The maximum absolute atomic E-state index is 11.9. The summed E-state index contributed by atoms with van der Waals surface area (Å²) < 4.78 is 1.92. The summed E-state index contributed by atoms with van der Waals surface area (Å²) in [5, 5.41) is 7.47. The monoisotopic (exact) mass is 363 g/mol. The Morgan fingerprint density at radius 2 is 2.32 bits per heavy atom. The lowest BCUT2D eigenvalue weighted by atomic mass is 10.1. The maximum atomic E-state index is 11.9. The summed E-state index contributed by atoms with van der Waals surface area (Å²) in [6.45, 7) is 2.72. The molecular formula is C15H18BrN5O. The summed E-state index contributed by atoms with van der Waals surface area (Å²) in [6, 6.07) is 5.84. The minimum atomic E-state index is -0.104. The molecule has 2 aromatic heterocycles. The summed E-state index contributed by atoms with van der Waals surface area (Å²) in [5.74, 6) is 1.43. The maximum Gasteiger partial charge on any atom is 0.282 e. The number of hydrogen-bond donors (Lipinski definition) is 1. The Hall–Kier alpha value is -1.89. The fourth-order valence-corrected chi connectivity index (χ4v) is 3.27. The lowest BCUT2D eigenvalue weighted by molar-refractivity contribution is 0.620. The Morgan fingerprint density at radius 1 is 1.45 bits per heavy atom. The predicted molar refractivity (Wildman–Crippen MR) is 90.2 cm³/mol. The Labute approximate surface area is 137 Å². The normalized spacial score (nSPS) is 17.7. The Balaban J connectivity index is 1.63. The van der Waals surface area contributed by atoms with Crippen LogP contribution in [-0.4, -0.2) is 34.4 Å². The number of halogens is 1. The van der Waals surface area contributed by atoms with Crippen molar-refractivity contribution in [2.75, 3.05) is 29.9 Å². The van der Waals surface area contributed by atoms with Crippen LogP contribution in [0.4, 0.5) is 11.5 Å². The van der Waals surface area contributed by atoms with Gasteiger partial charge in [0.05, 0.1) is 11.9 Å². The Morgan fingerprint density at radius 3 is 3.09 bits per heavy atom. The Bertz CT molecular complexity index is 703. The molecular weight excluding hydrogens is 346 g/mol. The number of nitrogens with one attached hydrogen (secondary N) is 1. The van der Waals surface area contributed by atoms with Crippen molar-refractivity contribution in [3.63, 3.8) is 0 Å². The molecule has 7 heteroatoms. The van der Waals surface area contributed by atoms with Crippen LogP contribution in [0.5, 0.6) is 0 Å². The first-order chi connectivity index (χ1) is 10.6. The van der Waals surface area contributed by atoms with Gasteiger partial charge in [0.2, 0.25) is 0 Å². The van der Waals surface area contributed by atoms with E-state index in [0.717, 1.165) is 37.6 Å². The summed E-state index contributed by atoms with van der Waals surface area (Å²) in [6.07, 6.45) is 4.62. The van der Waals surface area contributed by atoms with E-state index in [1.807, 2.05) is 18.2 Å². The standard InChI is InChI=1S/C15H18BrN5O/c1-20-15(22)14(16)12(9-19-20)21-7-5-11(10-21)8-18-13-4-2-3-6-17-13/h2-4,6,9,11H,5,7-8,10H2,1H3,(H,17,18). The van der Waals surface area contributed by atoms with Crippen LogP contribution in [0, 0.1) is 5.92 Å². The van der Waals surface area contributed by atoms with Crippen LogP contribution in [0.15, 0.2) is 39.9 Å². The van der Waals surface area contributed by atoms with Crippen LogP contribution in [0.25, 0.3) is 0 Å². The average molecular weight is 364 g/mol. The van der Waals surface area contributed by atoms with Gasteiger partial charge in [-0.3, -0.25) is 4.79 Å². The Kier molecular flexibility index (Phi) is 4.42. The van der Waals surface area contributed by atoms with Crippen molar-refractivity contribution in [2.45, 2.75) is 6.42 Å². The highest BCUT2D eigenvalue weighted by Gasteiger charge is 2.25. The van der Waals surface area contributed by atoms with Crippen molar-refractivity contribution >= 4 is 27.4 Å². The molecule has 3 rings (SSSR count). The van der Waals surface area contributed by atoms with Crippen LogP contribution in [0.1, 0.15) is 6.42 Å². The van der Waals surface area contributed by atoms with Gasteiger partial charge in [-0.15, -0.1) is 0 Å². The molecule has 1 atom stereocenters. The molecule has 0 spiro atoms. The van der Waals surface area contributed by atoms with Gasteiger partial charge in [-0.25, -0.2) is 9.67 Å². The molecule has 1 aliphatic rings. The summed E-state index contributed by atoms with van der Waals surface area (Å²) in [7, 11) is 1.65. The SMILES string of the molecule is Cn1ncc(N2CCC(CNc3ccccn3)C2)c(Br)c1=O. The van der Waals surface area contributed by atoms with Crippen LogP contribution in [0.3, 0.4) is 0 Å². The third kappa shape index (κ3) is 3.14. The van der Waals surface area contributed by atoms with Gasteiger partial charge in [0.1, 0.15) is 10.3 Å². The lowest BCUT2D eigenvalue weighted by Gasteiger charge is -2.20. The second-order valence-corrected chi connectivity index (χ2v) is 6.26. The summed E-state index contributed by atoms with van der Waals surface area (Å²) in [4.78, 5) is 18.4. The zero-order valence-corrected chi connectivity index (χ0v) is 14.0. The van der Waals surface area contributed by atoms with Crippen molar-refractivity contribution in [1.82, 2.24) is 14.8 Å². The van der Waals surface area contributed by atoms with Gasteiger partial charge < -0.3 is 10.2 Å². The largest absolute Gasteiger partial charge is 0.370 e. The number of nitrogens with zero attached hydrogens (tertiary/aromatic N) is 4. The zero-order valence-electron chi connectivity index (χ0n) is 12.4. The van der Waals surface area contributed by atoms with E-state index in [1.54, 1.807) is 19.4 Å². The molecule has 2 aromatic rings. The topological polar surface area (TPSA) is 63.1 Å². The molecule has 22 heavy (non-hydrogen) atoms. The van der Waals surface area contributed by atoms with Crippen LogP contribution < -0.4 is 15.8 Å². The number of aryl methyl sites for hydroxylation is 1. The fourth-order valence-electron chi connectivity index (χ4n) is 2.66. The van der Waals surface area contributed by atoms with E-state index >= 15 is 0 Å². The molecule has 0 saturated carbocycles. The first kappa shape index (κ1) is 15.0. The molecule has 1 aliphatic heterocycles. The molecule has 0 aliphatic carbocycles. The molecule has 6 nitrogen and oxygen atoms in total. The molecule has 1 N–H and O–H groups in total. The van der Waals surface area contributed by atoms with E-state index in [-0.39, 0.29) is 5.56 Å². The molecule has 1 fully saturated rings. The van der Waals surface area contributed by atoms with E-state index in [2.05, 4.69) is 36.2 Å². The molecule has 116 valence electrons. The van der Waals surface area contributed by atoms with Gasteiger partial charge in [0.15, 0.2) is 0 Å². The third-order valence-electron chi connectivity index (χ3n) is 3.92. The van der Waals surface area contributed by atoms with Gasteiger partial charge in [0.25, 0.3) is 5.56 Å². The van der Waals surface area contributed by atoms with Crippen molar-refractivity contribution in [2.24, 2.45) is 13.0 Å². The first-order valence-corrected chi connectivity index (χ1v) is 8.06. The molecule has 1 saturated heterocycles. The average Bonchev–Trinajstić information content (AvgIpc) is 3.00. The highest BCUT2D eigenvalue weighted by molar-refractivity contribution is 9.10. The van der Waals surface area contributed by atoms with Gasteiger partial charge in [0, 0.05) is 32.9 Å². The molecule has 1 unspecified atom stereocenters. The quantitative estimate of drug-likeness (QED) is 0.898. The van der Waals surface area contributed by atoms with Gasteiger partial charge in [-0.05, 0) is 40.4 Å². The number of rotatable bonds is 4. The molecule has 0 bridgehead atoms. The predicted octanol–water partition coefficient (Wildman–Crippen LogP) is 1.88. The molecule has 0 aromatic carbocycles. The van der Waals surface area contributed by atoms with Gasteiger partial charge in [-0.1, -0.05) is 6.07 Å². The first-order valence-electron chi connectivity index (χ1n) is 7.27. The second-order valence-electron chi connectivity index (χ2n) is 5.47. The van der Waals surface area contributed by atoms with Crippen LogP contribution in [0.2, 0.25) is 0 Å². The van der Waals surface area contributed by atoms with E-state index < -0.39 is 0 Å². The van der Waals surface area contributed by atoms with Crippen molar-refractivity contribution in [1.29, 1.82) is 0 Å². The zero-order chi connectivity index (χ0) is 15.5. The summed E-state index contributed by atoms with van der Waals surface area (Å²) >= 11 is 3.40. The van der Waals surface area contributed by atoms with Gasteiger partial charge in [-0.2, -0.15) is 5.10 Å². The smallest absolute Gasteiger partial charge is 0.282 e. The number of hydrogen-bond acceptors (Lipinski definition) is 5. The minimum absolute atomic E-state index is 0.104. The van der Waals surface area contributed by atoms with E-state index in [0.29, 0.717) is 10.4 Å². The van der Waals surface area contributed by atoms with Crippen LogP contribution in [-0.2, 0) is 7.05 Å². The highest BCUT2D eigenvalue weighted by Crippen LogP contribution is 2.27. The lowest BCUT2D eigenvalue weighted by Crippen LogP contribution is -2.27. The summed E-state index contributed by atoms with van der Waals surface area (Å²) in [5.41, 5.74) is 0.774. The van der Waals surface area contributed by atoms with Crippen molar-refractivity contribution in [3.8, 4) is 0 Å². The number of pyridine rings is 1. The number of anilines is 2.